The highest BCUT2D eigenvalue weighted by molar-refractivity contribution is 6.32. The molecule has 0 saturated carbocycles. The van der Waals surface area contributed by atoms with E-state index in [9.17, 15) is 9.18 Å². The molecule has 146 valence electrons. The Morgan fingerprint density at radius 1 is 1.11 bits per heavy atom. The SMILES string of the molecule is CCOc1c(Cl)cc(CNC(=O)CCc2ccc(OC)c(F)c2)cc1OC. The molecule has 2 rings (SSSR count). The number of benzene rings is 2. The summed E-state index contributed by atoms with van der Waals surface area (Å²) in [6.07, 6.45) is 0.674. The van der Waals surface area contributed by atoms with E-state index in [0.717, 1.165) is 11.1 Å². The molecule has 0 aromatic heterocycles. The Morgan fingerprint density at radius 3 is 2.48 bits per heavy atom. The van der Waals surface area contributed by atoms with Crippen LogP contribution in [0.1, 0.15) is 24.5 Å². The zero-order valence-electron chi connectivity index (χ0n) is 15.6. The van der Waals surface area contributed by atoms with Crippen LogP contribution in [0, 0.1) is 5.82 Å². The van der Waals surface area contributed by atoms with Crippen molar-refractivity contribution in [3.05, 3.63) is 52.3 Å². The molecule has 0 aliphatic heterocycles. The van der Waals surface area contributed by atoms with Crippen molar-refractivity contribution in [3.63, 3.8) is 0 Å². The van der Waals surface area contributed by atoms with E-state index in [1.54, 1.807) is 24.3 Å². The summed E-state index contributed by atoms with van der Waals surface area (Å²) in [5.74, 6) is 0.604. The minimum atomic E-state index is -0.438. The van der Waals surface area contributed by atoms with Gasteiger partial charge in [-0.3, -0.25) is 4.79 Å². The molecule has 0 heterocycles. The standard InChI is InChI=1S/C20H23ClFNO4/c1-4-27-20-15(21)9-14(11-18(20)26-3)12-23-19(24)8-6-13-5-7-17(25-2)16(22)10-13/h5,7,9-11H,4,6,8,12H2,1-3H3,(H,23,24). The summed E-state index contributed by atoms with van der Waals surface area (Å²) in [5.41, 5.74) is 1.53. The topological polar surface area (TPSA) is 56.8 Å². The molecular weight excluding hydrogens is 373 g/mol. The molecule has 0 aliphatic rings. The first kappa shape index (κ1) is 20.8. The molecule has 0 saturated heterocycles. The van der Waals surface area contributed by atoms with Crippen LogP contribution in [0.4, 0.5) is 4.39 Å². The predicted molar refractivity (Wildman–Crippen MR) is 102 cm³/mol. The van der Waals surface area contributed by atoms with Gasteiger partial charge in [0, 0.05) is 13.0 Å². The fraction of sp³-hybridized carbons (Fsp3) is 0.350. The highest BCUT2D eigenvalue weighted by Crippen LogP contribution is 2.36. The Bertz CT molecular complexity index is 798. The first-order valence-electron chi connectivity index (χ1n) is 8.56. The van der Waals surface area contributed by atoms with Crippen LogP contribution in [0.25, 0.3) is 0 Å². The van der Waals surface area contributed by atoms with Gasteiger partial charge >= 0.3 is 0 Å². The number of rotatable bonds is 9. The van der Waals surface area contributed by atoms with Crippen LogP contribution in [-0.4, -0.2) is 26.7 Å². The van der Waals surface area contributed by atoms with Crippen molar-refractivity contribution in [1.82, 2.24) is 5.32 Å². The number of hydrogen-bond acceptors (Lipinski definition) is 4. The van der Waals surface area contributed by atoms with E-state index in [2.05, 4.69) is 5.32 Å². The van der Waals surface area contributed by atoms with Gasteiger partial charge < -0.3 is 19.5 Å². The number of carbonyl (C=O) groups is 1. The van der Waals surface area contributed by atoms with E-state index in [1.165, 1.54) is 20.3 Å². The average molecular weight is 396 g/mol. The van der Waals surface area contributed by atoms with Gasteiger partial charge in [-0.1, -0.05) is 17.7 Å². The largest absolute Gasteiger partial charge is 0.494 e. The van der Waals surface area contributed by atoms with Gasteiger partial charge in [0.1, 0.15) is 0 Å². The van der Waals surface area contributed by atoms with E-state index in [4.69, 9.17) is 25.8 Å². The van der Waals surface area contributed by atoms with Gasteiger partial charge in [0.25, 0.3) is 0 Å². The third-order valence-corrected chi connectivity index (χ3v) is 4.21. The number of aryl methyl sites for hydroxylation is 1. The van der Waals surface area contributed by atoms with Crippen LogP contribution in [0.3, 0.4) is 0 Å². The van der Waals surface area contributed by atoms with Crippen LogP contribution in [-0.2, 0) is 17.8 Å². The quantitative estimate of drug-likeness (QED) is 0.693. The molecule has 1 N–H and O–H groups in total. The molecule has 0 radical (unpaired) electrons. The molecular formula is C20H23ClFNO4. The molecule has 2 aromatic carbocycles. The van der Waals surface area contributed by atoms with Crippen molar-refractivity contribution in [2.75, 3.05) is 20.8 Å². The van der Waals surface area contributed by atoms with Gasteiger partial charge in [0.05, 0.1) is 25.8 Å². The zero-order valence-corrected chi connectivity index (χ0v) is 16.4. The Morgan fingerprint density at radius 2 is 1.85 bits per heavy atom. The Hall–Kier alpha value is -2.47. The first-order valence-corrected chi connectivity index (χ1v) is 8.94. The van der Waals surface area contributed by atoms with E-state index in [-0.39, 0.29) is 18.1 Å². The number of ether oxygens (including phenoxy) is 3. The van der Waals surface area contributed by atoms with E-state index < -0.39 is 5.82 Å². The smallest absolute Gasteiger partial charge is 0.220 e. The maximum Gasteiger partial charge on any atom is 0.220 e. The molecule has 1 amide bonds. The molecule has 2 aromatic rings. The third-order valence-electron chi connectivity index (χ3n) is 3.92. The van der Waals surface area contributed by atoms with Crippen LogP contribution in [0.2, 0.25) is 5.02 Å². The molecule has 0 fully saturated rings. The summed E-state index contributed by atoms with van der Waals surface area (Å²) < 4.78 is 29.3. The number of nitrogens with one attached hydrogen (secondary N) is 1. The molecule has 0 atom stereocenters. The zero-order chi connectivity index (χ0) is 19.8. The lowest BCUT2D eigenvalue weighted by Gasteiger charge is -2.13. The second-order valence-corrected chi connectivity index (χ2v) is 6.19. The minimum absolute atomic E-state index is 0.143. The van der Waals surface area contributed by atoms with Gasteiger partial charge in [-0.2, -0.15) is 0 Å². The van der Waals surface area contributed by atoms with Gasteiger partial charge in [-0.25, -0.2) is 4.39 Å². The summed E-state index contributed by atoms with van der Waals surface area (Å²) >= 11 is 6.22. The second-order valence-electron chi connectivity index (χ2n) is 5.79. The van der Waals surface area contributed by atoms with E-state index in [1.807, 2.05) is 6.92 Å². The second kappa shape index (κ2) is 10.0. The number of amides is 1. The maximum absolute atomic E-state index is 13.7. The van der Waals surface area contributed by atoms with Gasteiger partial charge in [-0.05, 0) is 48.7 Å². The lowest BCUT2D eigenvalue weighted by Crippen LogP contribution is -2.23. The van der Waals surface area contributed by atoms with Crippen LogP contribution >= 0.6 is 11.6 Å². The van der Waals surface area contributed by atoms with E-state index >= 15 is 0 Å². The molecule has 27 heavy (non-hydrogen) atoms. The number of methoxy groups -OCH3 is 2. The predicted octanol–water partition coefficient (Wildman–Crippen LogP) is 4.14. The number of carbonyl (C=O) groups excluding carboxylic acids is 1. The fourth-order valence-electron chi connectivity index (χ4n) is 2.57. The van der Waals surface area contributed by atoms with Gasteiger partial charge in [-0.15, -0.1) is 0 Å². The third kappa shape index (κ3) is 5.76. The van der Waals surface area contributed by atoms with Crippen molar-refractivity contribution in [1.29, 1.82) is 0 Å². The molecule has 0 unspecified atom stereocenters. The van der Waals surface area contributed by atoms with Crippen LogP contribution < -0.4 is 19.5 Å². The Kier molecular flexibility index (Phi) is 7.73. The fourth-order valence-corrected chi connectivity index (χ4v) is 2.86. The summed E-state index contributed by atoms with van der Waals surface area (Å²) in [4.78, 5) is 12.1. The van der Waals surface area contributed by atoms with Gasteiger partial charge in [0.15, 0.2) is 23.1 Å². The van der Waals surface area contributed by atoms with Crippen LogP contribution in [0.5, 0.6) is 17.2 Å². The van der Waals surface area contributed by atoms with Crippen molar-refractivity contribution >= 4 is 17.5 Å². The summed E-state index contributed by atoms with van der Waals surface area (Å²) in [5, 5.41) is 3.25. The molecule has 0 aliphatic carbocycles. The minimum Gasteiger partial charge on any atom is -0.494 e. The van der Waals surface area contributed by atoms with Crippen molar-refractivity contribution < 1.29 is 23.4 Å². The lowest BCUT2D eigenvalue weighted by molar-refractivity contribution is -0.121. The van der Waals surface area contributed by atoms with Crippen molar-refractivity contribution in [2.24, 2.45) is 0 Å². The summed E-state index contributed by atoms with van der Waals surface area (Å²) in [6, 6.07) is 8.18. The highest BCUT2D eigenvalue weighted by atomic mass is 35.5. The average Bonchev–Trinajstić information content (AvgIpc) is 2.66. The van der Waals surface area contributed by atoms with Crippen molar-refractivity contribution in [3.8, 4) is 17.2 Å². The molecule has 5 nitrogen and oxygen atoms in total. The summed E-state index contributed by atoms with van der Waals surface area (Å²) in [6.45, 7) is 2.63. The number of halogens is 2. The molecule has 0 bridgehead atoms. The highest BCUT2D eigenvalue weighted by Gasteiger charge is 2.12. The normalized spacial score (nSPS) is 10.4. The lowest BCUT2D eigenvalue weighted by atomic mass is 10.1. The monoisotopic (exact) mass is 395 g/mol. The van der Waals surface area contributed by atoms with Crippen molar-refractivity contribution in [2.45, 2.75) is 26.3 Å². The maximum atomic E-state index is 13.7. The number of hydrogen-bond donors (Lipinski definition) is 1. The Labute approximate surface area is 163 Å². The Balaban J connectivity index is 1.91. The molecule has 0 spiro atoms. The first-order chi connectivity index (χ1) is 13.0. The summed E-state index contributed by atoms with van der Waals surface area (Å²) in [7, 11) is 2.94. The van der Waals surface area contributed by atoms with E-state index in [0.29, 0.717) is 36.1 Å². The van der Waals surface area contributed by atoms with Gasteiger partial charge in [0.2, 0.25) is 5.91 Å². The molecule has 7 heteroatoms. The van der Waals surface area contributed by atoms with Crippen LogP contribution in [0.15, 0.2) is 30.3 Å².